The molecule has 0 aliphatic rings. The third kappa shape index (κ3) is 6.26. The van der Waals surface area contributed by atoms with Gasteiger partial charge in [0.15, 0.2) is 6.61 Å². The van der Waals surface area contributed by atoms with Crippen LogP contribution in [0.3, 0.4) is 0 Å². The summed E-state index contributed by atoms with van der Waals surface area (Å²) in [5.74, 6) is -1.51. The Kier molecular flexibility index (Phi) is 7.55. The van der Waals surface area contributed by atoms with E-state index in [9.17, 15) is 14.4 Å². The highest BCUT2D eigenvalue weighted by Crippen LogP contribution is 2.19. The standard InChI is InChI=1S/C21H23NO5/c1-3-26-21(25)17-11-7-8-12-18(17)22-19(23)14-27-20(24)13-15(2)16-9-5-4-6-10-16/h4-12,15H,3,13-14H2,1-2H3,(H,22,23). The number of carbonyl (C=O) groups is 3. The molecule has 2 aromatic rings. The molecule has 1 atom stereocenters. The van der Waals surface area contributed by atoms with Crippen LogP contribution in [0.25, 0.3) is 0 Å². The quantitative estimate of drug-likeness (QED) is 0.720. The molecule has 0 aromatic heterocycles. The molecule has 2 rings (SSSR count). The predicted molar refractivity (Wildman–Crippen MR) is 101 cm³/mol. The van der Waals surface area contributed by atoms with Crippen LogP contribution in [0.15, 0.2) is 54.6 Å². The first kappa shape index (κ1) is 20.2. The largest absolute Gasteiger partial charge is 0.462 e. The Morgan fingerprint density at radius 2 is 1.63 bits per heavy atom. The van der Waals surface area contributed by atoms with E-state index in [1.165, 1.54) is 0 Å². The first-order valence-electron chi connectivity index (χ1n) is 8.77. The Morgan fingerprint density at radius 1 is 0.963 bits per heavy atom. The number of amides is 1. The van der Waals surface area contributed by atoms with E-state index in [0.29, 0.717) is 5.69 Å². The molecule has 0 aliphatic carbocycles. The van der Waals surface area contributed by atoms with Gasteiger partial charge < -0.3 is 14.8 Å². The Morgan fingerprint density at radius 3 is 2.33 bits per heavy atom. The lowest BCUT2D eigenvalue weighted by Gasteiger charge is -2.12. The second kappa shape index (κ2) is 10.1. The van der Waals surface area contributed by atoms with Crippen LogP contribution < -0.4 is 5.32 Å². The number of para-hydroxylation sites is 1. The molecule has 0 heterocycles. The maximum atomic E-state index is 12.1. The maximum absolute atomic E-state index is 12.1. The molecule has 0 saturated heterocycles. The summed E-state index contributed by atoms with van der Waals surface area (Å²) in [6.45, 7) is 3.44. The van der Waals surface area contributed by atoms with E-state index in [0.717, 1.165) is 5.56 Å². The fraction of sp³-hybridized carbons (Fsp3) is 0.286. The van der Waals surface area contributed by atoms with Crippen molar-refractivity contribution >= 4 is 23.5 Å². The lowest BCUT2D eigenvalue weighted by atomic mass is 9.98. The van der Waals surface area contributed by atoms with Crippen molar-refractivity contribution in [1.29, 1.82) is 0 Å². The van der Waals surface area contributed by atoms with E-state index < -0.39 is 24.5 Å². The molecule has 1 N–H and O–H groups in total. The molecule has 142 valence electrons. The van der Waals surface area contributed by atoms with E-state index in [2.05, 4.69) is 5.32 Å². The first-order valence-corrected chi connectivity index (χ1v) is 8.77. The molecule has 0 radical (unpaired) electrons. The minimum Gasteiger partial charge on any atom is -0.462 e. The van der Waals surface area contributed by atoms with Crippen molar-refractivity contribution in [2.45, 2.75) is 26.2 Å². The van der Waals surface area contributed by atoms with Crippen LogP contribution in [0.4, 0.5) is 5.69 Å². The number of carbonyl (C=O) groups excluding carboxylic acids is 3. The van der Waals surface area contributed by atoms with Crippen molar-refractivity contribution in [3.05, 3.63) is 65.7 Å². The van der Waals surface area contributed by atoms with Gasteiger partial charge in [0.2, 0.25) is 0 Å². The molecule has 0 fully saturated rings. The number of esters is 2. The van der Waals surface area contributed by atoms with Gasteiger partial charge in [-0.1, -0.05) is 49.4 Å². The zero-order valence-electron chi connectivity index (χ0n) is 15.4. The van der Waals surface area contributed by atoms with Crippen LogP contribution in [0.1, 0.15) is 42.1 Å². The van der Waals surface area contributed by atoms with Crippen LogP contribution in [-0.4, -0.2) is 31.1 Å². The van der Waals surface area contributed by atoms with Crippen LogP contribution in [-0.2, 0) is 19.1 Å². The number of hydrogen-bond acceptors (Lipinski definition) is 5. The second-order valence-corrected chi connectivity index (χ2v) is 5.99. The SMILES string of the molecule is CCOC(=O)c1ccccc1NC(=O)COC(=O)CC(C)c1ccccc1. The van der Waals surface area contributed by atoms with Crippen LogP contribution >= 0.6 is 0 Å². The molecule has 0 saturated carbocycles. The topological polar surface area (TPSA) is 81.7 Å². The molecule has 0 aliphatic heterocycles. The van der Waals surface area contributed by atoms with Gasteiger partial charge in [0.05, 0.1) is 24.3 Å². The molecular formula is C21H23NO5. The van der Waals surface area contributed by atoms with Gasteiger partial charge in [-0.3, -0.25) is 9.59 Å². The van der Waals surface area contributed by atoms with Crippen molar-refractivity contribution in [2.24, 2.45) is 0 Å². The summed E-state index contributed by atoms with van der Waals surface area (Å²) in [4.78, 5) is 35.9. The van der Waals surface area contributed by atoms with Crippen LogP contribution in [0, 0.1) is 0 Å². The second-order valence-electron chi connectivity index (χ2n) is 5.99. The van der Waals surface area contributed by atoms with Gasteiger partial charge in [0, 0.05) is 0 Å². The Hall–Kier alpha value is -3.15. The van der Waals surface area contributed by atoms with Gasteiger partial charge in [-0.15, -0.1) is 0 Å². The monoisotopic (exact) mass is 369 g/mol. The summed E-state index contributed by atoms with van der Waals surface area (Å²) < 4.78 is 10.0. The number of hydrogen-bond donors (Lipinski definition) is 1. The lowest BCUT2D eigenvalue weighted by Crippen LogP contribution is -2.22. The highest BCUT2D eigenvalue weighted by atomic mass is 16.5. The summed E-state index contributed by atoms with van der Waals surface area (Å²) in [7, 11) is 0. The molecular weight excluding hydrogens is 346 g/mol. The average molecular weight is 369 g/mol. The third-order valence-electron chi connectivity index (χ3n) is 3.90. The fourth-order valence-corrected chi connectivity index (χ4v) is 2.52. The Labute approximate surface area is 158 Å². The Balaban J connectivity index is 1.86. The molecule has 2 aromatic carbocycles. The van der Waals surface area contributed by atoms with Gasteiger partial charge >= 0.3 is 11.9 Å². The summed E-state index contributed by atoms with van der Waals surface area (Å²) >= 11 is 0. The summed E-state index contributed by atoms with van der Waals surface area (Å²) in [6.07, 6.45) is 0.177. The maximum Gasteiger partial charge on any atom is 0.340 e. The molecule has 0 spiro atoms. The Bertz CT molecular complexity index is 788. The normalized spacial score (nSPS) is 11.3. The summed E-state index contributed by atoms with van der Waals surface area (Å²) in [5.41, 5.74) is 1.59. The van der Waals surface area contributed by atoms with Crippen LogP contribution in [0.5, 0.6) is 0 Å². The van der Waals surface area contributed by atoms with Gasteiger partial charge in [0.25, 0.3) is 5.91 Å². The predicted octanol–water partition coefficient (Wildman–Crippen LogP) is 3.54. The van der Waals surface area contributed by atoms with Crippen molar-refractivity contribution < 1.29 is 23.9 Å². The number of ether oxygens (including phenoxy) is 2. The van der Waals surface area contributed by atoms with E-state index in [1.54, 1.807) is 31.2 Å². The fourth-order valence-electron chi connectivity index (χ4n) is 2.52. The van der Waals surface area contributed by atoms with Crippen molar-refractivity contribution in [1.82, 2.24) is 0 Å². The van der Waals surface area contributed by atoms with E-state index >= 15 is 0 Å². The molecule has 6 nitrogen and oxygen atoms in total. The number of rotatable bonds is 8. The van der Waals surface area contributed by atoms with Crippen molar-refractivity contribution in [3.63, 3.8) is 0 Å². The van der Waals surface area contributed by atoms with E-state index in [-0.39, 0.29) is 24.5 Å². The number of nitrogens with one attached hydrogen (secondary N) is 1. The van der Waals surface area contributed by atoms with E-state index in [4.69, 9.17) is 9.47 Å². The van der Waals surface area contributed by atoms with Gasteiger partial charge in [0.1, 0.15) is 0 Å². The van der Waals surface area contributed by atoms with Crippen LogP contribution in [0.2, 0.25) is 0 Å². The van der Waals surface area contributed by atoms with Gasteiger partial charge in [-0.25, -0.2) is 4.79 Å². The van der Waals surface area contributed by atoms with Crippen molar-refractivity contribution in [3.8, 4) is 0 Å². The summed E-state index contributed by atoms with van der Waals surface area (Å²) in [6, 6.07) is 16.1. The zero-order chi connectivity index (χ0) is 19.6. The smallest absolute Gasteiger partial charge is 0.340 e. The molecule has 0 bridgehead atoms. The minimum absolute atomic E-state index is 0.00805. The highest BCUT2D eigenvalue weighted by Gasteiger charge is 2.16. The zero-order valence-corrected chi connectivity index (χ0v) is 15.4. The summed E-state index contributed by atoms with van der Waals surface area (Å²) in [5, 5.41) is 2.57. The van der Waals surface area contributed by atoms with Gasteiger partial charge in [-0.05, 0) is 30.5 Å². The van der Waals surface area contributed by atoms with Gasteiger partial charge in [-0.2, -0.15) is 0 Å². The average Bonchev–Trinajstić information content (AvgIpc) is 2.67. The lowest BCUT2D eigenvalue weighted by molar-refractivity contribution is -0.147. The third-order valence-corrected chi connectivity index (χ3v) is 3.90. The molecule has 1 unspecified atom stereocenters. The van der Waals surface area contributed by atoms with E-state index in [1.807, 2.05) is 37.3 Å². The molecule has 1 amide bonds. The first-order chi connectivity index (χ1) is 13.0. The highest BCUT2D eigenvalue weighted by molar-refractivity contribution is 6.01. The minimum atomic E-state index is -0.526. The molecule has 6 heteroatoms. The number of benzene rings is 2. The van der Waals surface area contributed by atoms with Crippen molar-refractivity contribution in [2.75, 3.05) is 18.5 Å². The number of anilines is 1. The molecule has 27 heavy (non-hydrogen) atoms.